The number of aromatic nitrogens is 3. The molecule has 0 saturated heterocycles. The van der Waals surface area contributed by atoms with Crippen LogP contribution in [0.2, 0.25) is 0 Å². The maximum Gasteiger partial charge on any atom is 0.257 e. The van der Waals surface area contributed by atoms with Crippen molar-refractivity contribution in [2.45, 2.75) is 20.3 Å². The third-order valence-electron chi connectivity index (χ3n) is 4.54. The number of amides is 1. The number of carbonyl (C=O) groups excluding carboxylic acids is 1. The van der Waals surface area contributed by atoms with Crippen molar-refractivity contribution in [2.24, 2.45) is 0 Å². The molecule has 2 aromatic heterocycles. The maximum absolute atomic E-state index is 12.7. The molecular weight excluding hydrogens is 352 g/mol. The van der Waals surface area contributed by atoms with E-state index in [1.807, 2.05) is 68.4 Å². The number of nitrogens with zero attached hydrogens (tertiary/aromatic N) is 3. The first kappa shape index (κ1) is 17.9. The Labute approximate surface area is 162 Å². The zero-order valence-electron chi connectivity index (χ0n) is 15.8. The molecule has 0 radical (unpaired) electrons. The zero-order valence-corrected chi connectivity index (χ0v) is 15.8. The summed E-state index contributed by atoms with van der Waals surface area (Å²) in [6.45, 7) is 4.31. The van der Waals surface area contributed by atoms with E-state index in [9.17, 15) is 4.79 Å². The predicted octanol–water partition coefficient (Wildman–Crippen LogP) is 3.87. The van der Waals surface area contributed by atoms with E-state index in [0.29, 0.717) is 30.2 Å². The average Bonchev–Trinajstić information content (AvgIpc) is 3.18. The Morgan fingerprint density at radius 1 is 1.04 bits per heavy atom. The number of hydrogen-bond donors (Lipinski definition) is 1. The molecule has 0 unspecified atom stereocenters. The molecule has 0 atom stereocenters. The van der Waals surface area contributed by atoms with Crippen LogP contribution in [0.4, 0.5) is 0 Å². The highest BCUT2D eigenvalue weighted by Crippen LogP contribution is 2.21. The number of fused-ring (bicyclic) bond motifs is 1. The molecule has 6 nitrogen and oxygen atoms in total. The average molecular weight is 372 g/mol. The first-order valence-electron chi connectivity index (χ1n) is 9.15. The van der Waals surface area contributed by atoms with Gasteiger partial charge in [-0.25, -0.2) is 0 Å². The number of benzene rings is 2. The van der Waals surface area contributed by atoms with Gasteiger partial charge in [-0.3, -0.25) is 9.78 Å². The van der Waals surface area contributed by atoms with Gasteiger partial charge in [-0.1, -0.05) is 41.6 Å². The van der Waals surface area contributed by atoms with Gasteiger partial charge in [-0.05, 0) is 37.6 Å². The van der Waals surface area contributed by atoms with Crippen molar-refractivity contribution in [2.75, 3.05) is 6.54 Å². The summed E-state index contributed by atoms with van der Waals surface area (Å²) in [6, 6.07) is 17.3. The number of carbonyl (C=O) groups is 1. The normalized spacial score (nSPS) is 10.9. The second-order valence-corrected chi connectivity index (χ2v) is 6.67. The van der Waals surface area contributed by atoms with Gasteiger partial charge >= 0.3 is 0 Å². The molecule has 4 aromatic rings. The molecular formula is C22H20N4O2. The van der Waals surface area contributed by atoms with Crippen LogP contribution in [-0.2, 0) is 6.42 Å². The van der Waals surface area contributed by atoms with Crippen LogP contribution in [0.1, 0.15) is 27.4 Å². The van der Waals surface area contributed by atoms with Crippen LogP contribution in [0.25, 0.3) is 22.4 Å². The Kier molecular flexibility index (Phi) is 4.85. The van der Waals surface area contributed by atoms with E-state index in [4.69, 9.17) is 4.52 Å². The van der Waals surface area contributed by atoms with E-state index in [-0.39, 0.29) is 5.91 Å². The summed E-state index contributed by atoms with van der Waals surface area (Å²) in [6.07, 6.45) is 0.489. The summed E-state index contributed by atoms with van der Waals surface area (Å²) in [5.41, 5.74) is 4.23. The van der Waals surface area contributed by atoms with E-state index in [1.54, 1.807) is 0 Å². The van der Waals surface area contributed by atoms with E-state index < -0.39 is 0 Å². The quantitative estimate of drug-likeness (QED) is 0.575. The number of pyridine rings is 1. The summed E-state index contributed by atoms with van der Waals surface area (Å²) in [5, 5.41) is 7.79. The molecule has 1 amide bonds. The van der Waals surface area contributed by atoms with Gasteiger partial charge in [0.2, 0.25) is 0 Å². The Morgan fingerprint density at radius 2 is 1.86 bits per heavy atom. The Hall–Kier alpha value is -3.54. The lowest BCUT2D eigenvalue weighted by Crippen LogP contribution is -2.26. The lowest BCUT2D eigenvalue weighted by Gasteiger charge is -2.10. The van der Waals surface area contributed by atoms with E-state index in [1.165, 1.54) is 0 Å². The van der Waals surface area contributed by atoms with Gasteiger partial charge in [0.1, 0.15) is 0 Å². The van der Waals surface area contributed by atoms with Crippen molar-refractivity contribution in [1.82, 2.24) is 20.4 Å². The molecule has 6 heteroatoms. The summed E-state index contributed by atoms with van der Waals surface area (Å²) in [7, 11) is 0. The molecule has 0 bridgehead atoms. The minimum absolute atomic E-state index is 0.132. The topological polar surface area (TPSA) is 80.9 Å². The van der Waals surface area contributed by atoms with Crippen LogP contribution in [0.3, 0.4) is 0 Å². The lowest BCUT2D eigenvalue weighted by atomic mass is 10.0. The van der Waals surface area contributed by atoms with Crippen LogP contribution >= 0.6 is 0 Å². The van der Waals surface area contributed by atoms with Crippen molar-refractivity contribution in [3.05, 3.63) is 77.2 Å². The molecule has 4 rings (SSSR count). The van der Waals surface area contributed by atoms with Crippen LogP contribution in [0, 0.1) is 13.8 Å². The number of aryl methyl sites for hydroxylation is 2. The summed E-state index contributed by atoms with van der Waals surface area (Å²) in [5.74, 6) is 0.909. The molecule has 0 aliphatic carbocycles. The molecule has 0 aliphatic heterocycles. The van der Waals surface area contributed by atoms with Crippen LogP contribution < -0.4 is 5.32 Å². The minimum atomic E-state index is -0.132. The minimum Gasteiger partial charge on any atom is -0.352 e. The van der Waals surface area contributed by atoms with E-state index >= 15 is 0 Å². The largest absolute Gasteiger partial charge is 0.352 e. The summed E-state index contributed by atoms with van der Waals surface area (Å²) in [4.78, 5) is 21.7. The van der Waals surface area contributed by atoms with Gasteiger partial charge in [0.25, 0.3) is 11.8 Å². The monoisotopic (exact) mass is 372 g/mol. The van der Waals surface area contributed by atoms with Crippen LogP contribution in [0.15, 0.2) is 59.1 Å². The fraction of sp³-hybridized carbons (Fsp3) is 0.182. The molecule has 1 N–H and O–H groups in total. The van der Waals surface area contributed by atoms with Crippen molar-refractivity contribution in [1.29, 1.82) is 0 Å². The molecule has 2 heterocycles. The van der Waals surface area contributed by atoms with Gasteiger partial charge in [0.05, 0.1) is 11.1 Å². The maximum atomic E-state index is 12.7. The molecule has 0 aliphatic rings. The van der Waals surface area contributed by atoms with E-state index in [2.05, 4.69) is 20.4 Å². The highest BCUT2D eigenvalue weighted by Gasteiger charge is 2.14. The Balaban J connectivity index is 1.45. The molecule has 140 valence electrons. The van der Waals surface area contributed by atoms with Crippen molar-refractivity contribution < 1.29 is 9.32 Å². The Morgan fingerprint density at radius 3 is 2.68 bits per heavy atom. The van der Waals surface area contributed by atoms with Crippen molar-refractivity contribution >= 4 is 16.8 Å². The van der Waals surface area contributed by atoms with Gasteiger partial charge in [-0.2, -0.15) is 4.98 Å². The zero-order chi connectivity index (χ0) is 19.5. The number of hydrogen-bond acceptors (Lipinski definition) is 5. The highest BCUT2D eigenvalue weighted by atomic mass is 16.5. The molecule has 0 saturated carbocycles. The third-order valence-corrected chi connectivity index (χ3v) is 4.54. The molecule has 28 heavy (non-hydrogen) atoms. The van der Waals surface area contributed by atoms with Gasteiger partial charge < -0.3 is 9.84 Å². The Bertz CT molecular complexity index is 1140. The summed E-state index contributed by atoms with van der Waals surface area (Å²) < 4.78 is 5.30. The SMILES string of the molecule is Cc1cc(C(=O)NCCc2noc(-c3ccccc3)n2)c2cccc(C)c2n1. The third kappa shape index (κ3) is 3.62. The molecule has 0 spiro atoms. The number of nitrogens with one attached hydrogen (secondary N) is 1. The second-order valence-electron chi connectivity index (χ2n) is 6.67. The van der Waals surface area contributed by atoms with Crippen LogP contribution in [-0.4, -0.2) is 27.6 Å². The highest BCUT2D eigenvalue weighted by molar-refractivity contribution is 6.06. The molecule has 2 aromatic carbocycles. The fourth-order valence-electron chi connectivity index (χ4n) is 3.14. The first-order chi connectivity index (χ1) is 13.6. The van der Waals surface area contributed by atoms with E-state index in [0.717, 1.165) is 27.7 Å². The van der Waals surface area contributed by atoms with Gasteiger partial charge in [0, 0.05) is 29.6 Å². The first-order valence-corrected chi connectivity index (χ1v) is 9.15. The van der Waals surface area contributed by atoms with Crippen molar-refractivity contribution in [3.8, 4) is 11.5 Å². The lowest BCUT2D eigenvalue weighted by molar-refractivity contribution is 0.0955. The van der Waals surface area contributed by atoms with Gasteiger partial charge in [-0.15, -0.1) is 0 Å². The van der Waals surface area contributed by atoms with Crippen molar-refractivity contribution in [3.63, 3.8) is 0 Å². The number of rotatable bonds is 5. The standard InChI is InChI=1S/C22H20N4O2/c1-14-7-6-10-17-18(13-15(2)24-20(14)17)21(27)23-12-11-19-25-22(28-26-19)16-8-4-3-5-9-16/h3-10,13H,11-12H2,1-2H3,(H,23,27). The second kappa shape index (κ2) is 7.60. The summed E-state index contributed by atoms with van der Waals surface area (Å²) >= 11 is 0. The van der Waals surface area contributed by atoms with Gasteiger partial charge in [0.15, 0.2) is 5.82 Å². The fourth-order valence-corrected chi connectivity index (χ4v) is 3.14. The smallest absolute Gasteiger partial charge is 0.257 e. The molecule has 0 fully saturated rings. The number of para-hydroxylation sites is 1. The predicted molar refractivity (Wildman–Crippen MR) is 107 cm³/mol. The van der Waals surface area contributed by atoms with Crippen LogP contribution in [0.5, 0.6) is 0 Å².